The van der Waals surface area contributed by atoms with Gasteiger partial charge < -0.3 is 14.3 Å². The molecule has 0 radical (unpaired) electrons. The highest BCUT2D eigenvalue weighted by atomic mass is 16.5. The molecule has 0 unspecified atom stereocenters. The van der Waals surface area contributed by atoms with Crippen LogP contribution in [0.3, 0.4) is 0 Å². The van der Waals surface area contributed by atoms with Crippen molar-refractivity contribution < 1.29 is 23.8 Å². The average molecular weight is 300 g/mol. The summed E-state index contributed by atoms with van der Waals surface area (Å²) in [5.41, 5.74) is 0.728. The number of aryl methyl sites for hydroxylation is 1. The number of furan rings is 1. The zero-order valence-electron chi connectivity index (χ0n) is 12.3. The zero-order chi connectivity index (χ0) is 16.1. The highest BCUT2D eigenvalue weighted by Crippen LogP contribution is 2.17. The van der Waals surface area contributed by atoms with Gasteiger partial charge in [0.25, 0.3) is 0 Å². The quantitative estimate of drug-likeness (QED) is 0.654. The number of carboxylic acid groups (broad SMARTS) is 1. The second kappa shape index (κ2) is 6.76. The molecule has 0 aliphatic carbocycles. The Kier molecular flexibility index (Phi) is 4.78. The molecule has 1 aromatic heterocycles. The fraction of sp³-hybridized carbons (Fsp3) is 0.176. The van der Waals surface area contributed by atoms with Crippen molar-refractivity contribution in [2.75, 3.05) is 0 Å². The molecule has 2 aromatic rings. The lowest BCUT2D eigenvalue weighted by Gasteiger charge is -2.10. The molecule has 5 heteroatoms. The highest BCUT2D eigenvalue weighted by molar-refractivity contribution is 6.04. The van der Waals surface area contributed by atoms with Crippen molar-refractivity contribution in [1.82, 2.24) is 0 Å². The van der Waals surface area contributed by atoms with Gasteiger partial charge in [-0.15, -0.1) is 0 Å². The first kappa shape index (κ1) is 15.6. The SMILES string of the molecule is Cc1ccc(C(=O)/C=C\c2cccc(O[C@H](C)C(=O)O)c2)o1. The van der Waals surface area contributed by atoms with Crippen LogP contribution in [0.2, 0.25) is 0 Å². The summed E-state index contributed by atoms with van der Waals surface area (Å²) < 4.78 is 10.5. The van der Waals surface area contributed by atoms with Crippen LogP contribution in [0.5, 0.6) is 5.75 Å². The van der Waals surface area contributed by atoms with E-state index in [1.54, 1.807) is 49.4 Å². The Morgan fingerprint density at radius 2 is 2.05 bits per heavy atom. The minimum Gasteiger partial charge on any atom is -0.479 e. The second-order valence-corrected chi connectivity index (χ2v) is 4.78. The lowest BCUT2D eigenvalue weighted by molar-refractivity contribution is -0.144. The van der Waals surface area contributed by atoms with Crippen molar-refractivity contribution in [2.24, 2.45) is 0 Å². The van der Waals surface area contributed by atoms with Crippen LogP contribution >= 0.6 is 0 Å². The lowest BCUT2D eigenvalue weighted by Crippen LogP contribution is -2.22. The molecule has 0 aliphatic heterocycles. The number of carbonyl (C=O) groups excluding carboxylic acids is 1. The third kappa shape index (κ3) is 4.09. The largest absolute Gasteiger partial charge is 0.479 e. The van der Waals surface area contributed by atoms with Crippen LogP contribution in [0.25, 0.3) is 6.08 Å². The number of allylic oxidation sites excluding steroid dienone is 1. The maximum absolute atomic E-state index is 11.9. The molecule has 0 fully saturated rings. The molecule has 0 amide bonds. The Morgan fingerprint density at radius 1 is 1.27 bits per heavy atom. The predicted octanol–water partition coefficient (Wildman–Crippen LogP) is 3.34. The van der Waals surface area contributed by atoms with Crippen molar-refractivity contribution in [3.05, 3.63) is 59.6 Å². The molecule has 0 bridgehead atoms. The molecule has 0 saturated heterocycles. The molecule has 0 saturated carbocycles. The van der Waals surface area contributed by atoms with E-state index in [1.165, 1.54) is 13.0 Å². The molecule has 2 rings (SSSR count). The molecule has 114 valence electrons. The van der Waals surface area contributed by atoms with Gasteiger partial charge in [-0.2, -0.15) is 0 Å². The fourth-order valence-electron chi connectivity index (χ4n) is 1.77. The smallest absolute Gasteiger partial charge is 0.344 e. The standard InChI is InChI=1S/C17H16O5/c1-11-6-9-16(21-11)15(18)8-7-13-4-3-5-14(10-13)22-12(2)17(19)20/h3-10,12H,1-2H3,(H,19,20)/b8-7-/t12-/m1/s1. The molecule has 1 aromatic carbocycles. The van der Waals surface area contributed by atoms with Crippen molar-refractivity contribution in [3.8, 4) is 5.75 Å². The first-order valence-electron chi connectivity index (χ1n) is 6.74. The van der Waals surface area contributed by atoms with Crippen LogP contribution < -0.4 is 4.74 Å². The number of hydrogen-bond donors (Lipinski definition) is 1. The highest BCUT2D eigenvalue weighted by Gasteiger charge is 2.12. The van der Waals surface area contributed by atoms with Crippen molar-refractivity contribution >= 4 is 17.8 Å². The first-order valence-corrected chi connectivity index (χ1v) is 6.74. The Labute approximate surface area is 127 Å². The van der Waals surface area contributed by atoms with Gasteiger partial charge in [0.2, 0.25) is 5.78 Å². The minimum absolute atomic E-state index is 0.238. The lowest BCUT2D eigenvalue weighted by atomic mass is 10.1. The number of ketones is 1. The summed E-state index contributed by atoms with van der Waals surface area (Å²) in [6.45, 7) is 3.22. The number of aliphatic carboxylic acids is 1. The van der Waals surface area contributed by atoms with Gasteiger partial charge in [-0.1, -0.05) is 18.2 Å². The van der Waals surface area contributed by atoms with Gasteiger partial charge in [0, 0.05) is 0 Å². The predicted molar refractivity (Wildman–Crippen MR) is 81.0 cm³/mol. The van der Waals surface area contributed by atoms with E-state index in [0.29, 0.717) is 11.5 Å². The summed E-state index contributed by atoms with van der Waals surface area (Å²) in [5, 5.41) is 8.82. The molecule has 1 heterocycles. The van der Waals surface area contributed by atoms with Gasteiger partial charge in [0.05, 0.1) is 0 Å². The summed E-state index contributed by atoms with van der Waals surface area (Å²) in [5.74, 6) is 0.108. The van der Waals surface area contributed by atoms with Gasteiger partial charge >= 0.3 is 5.97 Å². The number of rotatable bonds is 6. The monoisotopic (exact) mass is 300 g/mol. The van der Waals surface area contributed by atoms with E-state index in [1.807, 2.05) is 0 Å². The molecule has 1 atom stereocenters. The molecule has 22 heavy (non-hydrogen) atoms. The van der Waals surface area contributed by atoms with Crippen molar-refractivity contribution in [1.29, 1.82) is 0 Å². The summed E-state index contributed by atoms with van der Waals surface area (Å²) in [7, 11) is 0. The van der Waals surface area contributed by atoms with E-state index in [9.17, 15) is 9.59 Å². The van der Waals surface area contributed by atoms with E-state index in [-0.39, 0.29) is 11.5 Å². The van der Waals surface area contributed by atoms with Crippen LogP contribution in [0.1, 0.15) is 28.8 Å². The summed E-state index contributed by atoms with van der Waals surface area (Å²) in [6.07, 6.45) is 2.09. The van der Waals surface area contributed by atoms with Gasteiger partial charge in [-0.05, 0) is 49.8 Å². The Morgan fingerprint density at radius 3 is 2.68 bits per heavy atom. The number of carbonyl (C=O) groups is 2. The number of benzene rings is 1. The third-order valence-electron chi connectivity index (χ3n) is 2.93. The third-order valence-corrected chi connectivity index (χ3v) is 2.93. The van der Waals surface area contributed by atoms with Crippen molar-refractivity contribution in [2.45, 2.75) is 20.0 Å². The number of carboxylic acids is 1. The van der Waals surface area contributed by atoms with Gasteiger partial charge in [-0.3, -0.25) is 4.79 Å². The second-order valence-electron chi connectivity index (χ2n) is 4.78. The molecule has 0 aliphatic rings. The topological polar surface area (TPSA) is 76.7 Å². The zero-order valence-corrected chi connectivity index (χ0v) is 12.3. The van der Waals surface area contributed by atoms with Crippen LogP contribution in [0.4, 0.5) is 0 Å². The first-order chi connectivity index (χ1) is 10.5. The van der Waals surface area contributed by atoms with E-state index < -0.39 is 12.1 Å². The van der Waals surface area contributed by atoms with E-state index in [0.717, 1.165) is 5.56 Å². The molecule has 1 N–H and O–H groups in total. The Balaban J connectivity index is 2.08. The van der Waals surface area contributed by atoms with Gasteiger partial charge in [0.15, 0.2) is 11.9 Å². The molecule has 0 spiro atoms. The summed E-state index contributed by atoms with van der Waals surface area (Å²) in [6, 6.07) is 10.2. The van der Waals surface area contributed by atoms with Crippen LogP contribution in [-0.2, 0) is 4.79 Å². The minimum atomic E-state index is -1.04. The maximum Gasteiger partial charge on any atom is 0.344 e. The van der Waals surface area contributed by atoms with E-state index >= 15 is 0 Å². The van der Waals surface area contributed by atoms with Gasteiger partial charge in [0.1, 0.15) is 11.5 Å². The maximum atomic E-state index is 11.9. The summed E-state index contributed by atoms with van der Waals surface area (Å²) in [4.78, 5) is 22.7. The summed E-state index contributed by atoms with van der Waals surface area (Å²) >= 11 is 0. The van der Waals surface area contributed by atoms with E-state index in [2.05, 4.69) is 0 Å². The average Bonchev–Trinajstić information content (AvgIpc) is 2.91. The van der Waals surface area contributed by atoms with Gasteiger partial charge in [-0.25, -0.2) is 4.79 Å². The molecular weight excluding hydrogens is 284 g/mol. The van der Waals surface area contributed by atoms with Crippen LogP contribution in [0.15, 0.2) is 46.9 Å². The van der Waals surface area contributed by atoms with Crippen molar-refractivity contribution in [3.63, 3.8) is 0 Å². The molecular formula is C17H16O5. The number of ether oxygens (including phenoxy) is 1. The normalized spacial score (nSPS) is 12.3. The molecule has 5 nitrogen and oxygen atoms in total. The Hall–Kier alpha value is -2.82. The fourth-order valence-corrected chi connectivity index (χ4v) is 1.77. The Bertz CT molecular complexity index is 711. The van der Waals surface area contributed by atoms with Crippen LogP contribution in [-0.4, -0.2) is 23.0 Å². The van der Waals surface area contributed by atoms with Crippen LogP contribution in [0, 0.1) is 6.92 Å². The number of hydrogen-bond acceptors (Lipinski definition) is 4. The van der Waals surface area contributed by atoms with E-state index in [4.69, 9.17) is 14.3 Å².